The van der Waals surface area contributed by atoms with E-state index >= 15 is 0 Å². The molecule has 0 aliphatic carbocycles. The quantitative estimate of drug-likeness (QED) is 0.407. The van der Waals surface area contributed by atoms with Gasteiger partial charge in [-0.3, -0.25) is 0 Å². The number of rotatable bonds is 3. The lowest BCUT2D eigenvalue weighted by Gasteiger charge is -2.04. The minimum Gasteiger partial charge on any atom is -0.0776 e. The second kappa shape index (κ2) is 6.36. The average molecular weight is 225 g/mol. The summed E-state index contributed by atoms with van der Waals surface area (Å²) >= 11 is 0. The van der Waals surface area contributed by atoms with E-state index in [4.69, 9.17) is 5.53 Å². The topological polar surface area (TPSA) is 48.8 Å². The van der Waals surface area contributed by atoms with Crippen molar-refractivity contribution in [2.75, 3.05) is 0 Å². The van der Waals surface area contributed by atoms with Gasteiger partial charge in [-0.1, -0.05) is 67.1 Å². The Bertz CT molecular complexity index is 514. The van der Waals surface area contributed by atoms with Crippen molar-refractivity contribution < 1.29 is 0 Å². The second-order valence-corrected chi connectivity index (χ2v) is 3.48. The molecule has 17 heavy (non-hydrogen) atoms. The van der Waals surface area contributed by atoms with Crippen molar-refractivity contribution in [2.24, 2.45) is 5.11 Å². The van der Waals surface area contributed by atoms with Crippen LogP contribution in [-0.2, 0) is 6.42 Å². The fourth-order valence-electron chi connectivity index (χ4n) is 1.62. The van der Waals surface area contributed by atoms with Gasteiger partial charge in [0, 0.05) is 10.6 Å². The number of azide groups is 1. The zero-order valence-electron chi connectivity index (χ0n) is 8.74. The number of nitrogens with zero attached hydrogens (tertiary/aromatic N) is 3. The SMILES string of the molecule is C.[N-]=[N+]=Nc1ccccc1Cc1ccccc1. The zero-order valence-corrected chi connectivity index (χ0v) is 8.74. The van der Waals surface area contributed by atoms with E-state index in [1.165, 1.54) is 5.56 Å². The van der Waals surface area contributed by atoms with E-state index in [2.05, 4.69) is 22.2 Å². The smallest absolute Gasteiger partial charge is 0.0410 e. The fraction of sp³-hybridized carbons (Fsp3) is 0.143. The van der Waals surface area contributed by atoms with Crippen molar-refractivity contribution in [3.8, 4) is 0 Å². The van der Waals surface area contributed by atoms with Crippen LogP contribution in [0.3, 0.4) is 0 Å². The molecule has 0 aliphatic heterocycles. The summed E-state index contributed by atoms with van der Waals surface area (Å²) in [5.41, 5.74) is 11.4. The predicted octanol–water partition coefficient (Wildman–Crippen LogP) is 4.86. The van der Waals surface area contributed by atoms with Gasteiger partial charge in [-0.2, -0.15) is 0 Å². The molecule has 2 aromatic rings. The summed E-state index contributed by atoms with van der Waals surface area (Å²) in [5.74, 6) is 0. The summed E-state index contributed by atoms with van der Waals surface area (Å²) in [6.45, 7) is 0. The Labute approximate surface area is 101 Å². The normalized spacial score (nSPS) is 8.94. The second-order valence-electron chi connectivity index (χ2n) is 3.48. The third kappa shape index (κ3) is 3.37. The Balaban J connectivity index is 0.00000144. The number of hydrogen-bond donors (Lipinski definition) is 0. The molecule has 0 heterocycles. The third-order valence-electron chi connectivity index (χ3n) is 2.38. The van der Waals surface area contributed by atoms with Gasteiger partial charge in [-0.25, -0.2) is 0 Å². The predicted molar refractivity (Wildman–Crippen MR) is 71.2 cm³/mol. The molecule has 2 rings (SSSR count). The maximum Gasteiger partial charge on any atom is 0.0410 e. The molecule has 0 aliphatic rings. The molecule has 0 saturated carbocycles. The van der Waals surface area contributed by atoms with Crippen LogP contribution in [0.4, 0.5) is 5.69 Å². The Morgan fingerprint density at radius 2 is 1.59 bits per heavy atom. The first kappa shape index (κ1) is 12.8. The van der Waals surface area contributed by atoms with Gasteiger partial charge < -0.3 is 0 Å². The minimum atomic E-state index is 0. The molecule has 0 bridgehead atoms. The van der Waals surface area contributed by atoms with Crippen LogP contribution >= 0.6 is 0 Å². The molecule has 0 spiro atoms. The van der Waals surface area contributed by atoms with Gasteiger partial charge in [0.1, 0.15) is 0 Å². The highest BCUT2D eigenvalue weighted by molar-refractivity contribution is 5.47. The molecule has 0 amide bonds. The number of benzene rings is 2. The first-order valence-electron chi connectivity index (χ1n) is 5.07. The molecular formula is C14H15N3. The Kier molecular flexibility index (Phi) is 4.79. The standard InChI is InChI=1S/C13H11N3.CH4/c14-16-15-13-9-5-4-8-12(13)10-11-6-2-1-3-7-11;/h1-9H,10H2;1H4. The van der Waals surface area contributed by atoms with Crippen LogP contribution in [0.1, 0.15) is 18.6 Å². The van der Waals surface area contributed by atoms with Crippen LogP contribution < -0.4 is 0 Å². The van der Waals surface area contributed by atoms with Crippen molar-refractivity contribution in [2.45, 2.75) is 13.8 Å². The van der Waals surface area contributed by atoms with Crippen LogP contribution in [0.15, 0.2) is 59.7 Å². The average Bonchev–Trinajstić information content (AvgIpc) is 2.33. The summed E-state index contributed by atoms with van der Waals surface area (Å²) in [6, 6.07) is 17.8. The summed E-state index contributed by atoms with van der Waals surface area (Å²) in [7, 11) is 0. The Hall–Kier alpha value is -2.25. The molecule has 0 unspecified atom stereocenters. The van der Waals surface area contributed by atoms with Crippen molar-refractivity contribution in [1.82, 2.24) is 0 Å². The molecular weight excluding hydrogens is 210 g/mol. The minimum absolute atomic E-state index is 0. The van der Waals surface area contributed by atoms with Crippen molar-refractivity contribution in [3.05, 3.63) is 76.2 Å². The van der Waals surface area contributed by atoms with Gasteiger partial charge in [0.05, 0.1) is 0 Å². The van der Waals surface area contributed by atoms with Crippen molar-refractivity contribution in [1.29, 1.82) is 0 Å². The highest BCUT2D eigenvalue weighted by atomic mass is 15.1. The van der Waals surface area contributed by atoms with Gasteiger partial charge in [-0.05, 0) is 23.1 Å². The molecule has 86 valence electrons. The molecule has 0 N–H and O–H groups in total. The molecule has 0 atom stereocenters. The Morgan fingerprint density at radius 3 is 2.29 bits per heavy atom. The van der Waals surface area contributed by atoms with Crippen molar-refractivity contribution >= 4 is 5.69 Å². The van der Waals surface area contributed by atoms with E-state index in [0.29, 0.717) is 5.69 Å². The monoisotopic (exact) mass is 225 g/mol. The van der Waals surface area contributed by atoms with Gasteiger partial charge in [-0.15, -0.1) is 0 Å². The summed E-state index contributed by atoms with van der Waals surface area (Å²) < 4.78 is 0. The summed E-state index contributed by atoms with van der Waals surface area (Å²) in [4.78, 5) is 2.83. The molecule has 0 fully saturated rings. The lowest BCUT2D eigenvalue weighted by Crippen LogP contribution is -1.87. The lowest BCUT2D eigenvalue weighted by molar-refractivity contribution is 1.18. The number of hydrogen-bond acceptors (Lipinski definition) is 1. The van der Waals surface area contributed by atoms with Gasteiger partial charge in [0.25, 0.3) is 0 Å². The van der Waals surface area contributed by atoms with Crippen LogP contribution in [0, 0.1) is 0 Å². The Morgan fingerprint density at radius 1 is 0.941 bits per heavy atom. The van der Waals surface area contributed by atoms with Crippen molar-refractivity contribution in [3.63, 3.8) is 0 Å². The summed E-state index contributed by atoms with van der Waals surface area (Å²) in [5, 5.41) is 3.68. The maximum absolute atomic E-state index is 8.47. The van der Waals surface area contributed by atoms with E-state index < -0.39 is 0 Å². The molecule has 0 saturated heterocycles. The van der Waals surface area contributed by atoms with Crippen LogP contribution in [0.2, 0.25) is 0 Å². The van der Waals surface area contributed by atoms with E-state index in [9.17, 15) is 0 Å². The van der Waals surface area contributed by atoms with Gasteiger partial charge >= 0.3 is 0 Å². The molecule has 0 aromatic heterocycles. The highest BCUT2D eigenvalue weighted by Gasteiger charge is 2.00. The molecule has 3 nitrogen and oxygen atoms in total. The first-order chi connectivity index (χ1) is 7.90. The largest absolute Gasteiger partial charge is 0.0776 e. The molecule has 2 aromatic carbocycles. The third-order valence-corrected chi connectivity index (χ3v) is 2.38. The summed E-state index contributed by atoms with van der Waals surface area (Å²) in [6.07, 6.45) is 0.788. The lowest BCUT2D eigenvalue weighted by atomic mass is 10.0. The van der Waals surface area contributed by atoms with Crippen LogP contribution in [-0.4, -0.2) is 0 Å². The first-order valence-corrected chi connectivity index (χ1v) is 5.07. The maximum atomic E-state index is 8.47. The van der Waals surface area contributed by atoms with E-state index in [-0.39, 0.29) is 7.43 Å². The van der Waals surface area contributed by atoms with Crippen LogP contribution in [0.25, 0.3) is 10.4 Å². The highest BCUT2D eigenvalue weighted by Crippen LogP contribution is 2.21. The van der Waals surface area contributed by atoms with E-state index in [0.717, 1.165) is 12.0 Å². The van der Waals surface area contributed by atoms with Crippen LogP contribution in [0.5, 0.6) is 0 Å². The molecule has 3 heteroatoms. The zero-order chi connectivity index (χ0) is 11.2. The fourth-order valence-corrected chi connectivity index (χ4v) is 1.62. The van der Waals surface area contributed by atoms with E-state index in [1.807, 2.05) is 42.5 Å². The van der Waals surface area contributed by atoms with E-state index in [1.54, 1.807) is 0 Å². The van der Waals surface area contributed by atoms with Gasteiger partial charge in [0.15, 0.2) is 0 Å². The van der Waals surface area contributed by atoms with Gasteiger partial charge in [0.2, 0.25) is 0 Å². The molecule has 0 radical (unpaired) electrons.